The standard InChI is InChI=1S/C25H39N3/c1-5-13-27(15-12-19(2)3)23-17-28(18-23)25(20-8-9-20)22-10-11-24-21(16-22)7-6-14-26(24)4/h10-11,16,19,23H,5-9,12-15,17-18H2,1-4H3. The molecule has 3 aliphatic rings. The maximum Gasteiger partial charge on any atom is 0.0446 e. The molecule has 0 amide bonds. The molecule has 3 heteroatoms. The van der Waals surface area contributed by atoms with E-state index < -0.39 is 0 Å². The van der Waals surface area contributed by atoms with Gasteiger partial charge in [-0.3, -0.25) is 4.90 Å². The number of fused-ring (bicyclic) bond motifs is 1. The SMILES string of the molecule is CCCN(CCC(C)C)C1CN(C(=C2CC2)c2ccc3c(c2)CCCN3C)C1. The van der Waals surface area contributed by atoms with Crippen molar-refractivity contribution in [2.45, 2.75) is 65.3 Å². The normalized spacial score (nSPS) is 19.3. The number of nitrogens with zero attached hydrogens (tertiary/aromatic N) is 3. The molecule has 28 heavy (non-hydrogen) atoms. The highest BCUT2D eigenvalue weighted by atomic mass is 15.3. The topological polar surface area (TPSA) is 9.72 Å². The van der Waals surface area contributed by atoms with Crippen LogP contribution in [0.3, 0.4) is 0 Å². The van der Waals surface area contributed by atoms with E-state index in [1.54, 1.807) is 16.8 Å². The fourth-order valence-electron chi connectivity index (χ4n) is 4.90. The number of rotatable bonds is 8. The zero-order valence-corrected chi connectivity index (χ0v) is 18.5. The van der Waals surface area contributed by atoms with E-state index in [-0.39, 0.29) is 0 Å². The van der Waals surface area contributed by atoms with Gasteiger partial charge in [-0.25, -0.2) is 0 Å². The molecule has 2 aliphatic heterocycles. The molecule has 0 aromatic heterocycles. The zero-order valence-electron chi connectivity index (χ0n) is 18.5. The van der Waals surface area contributed by atoms with Crippen molar-refractivity contribution in [3.63, 3.8) is 0 Å². The van der Waals surface area contributed by atoms with Crippen LogP contribution < -0.4 is 4.90 Å². The first-order valence-corrected chi connectivity index (χ1v) is 11.6. The molecular formula is C25H39N3. The Hall–Kier alpha value is -1.48. The number of benzene rings is 1. The molecule has 0 unspecified atom stereocenters. The highest BCUT2D eigenvalue weighted by molar-refractivity contribution is 5.73. The van der Waals surface area contributed by atoms with Crippen molar-refractivity contribution in [3.8, 4) is 0 Å². The molecule has 4 rings (SSSR count). The Morgan fingerprint density at radius 1 is 1.14 bits per heavy atom. The largest absolute Gasteiger partial charge is 0.374 e. The summed E-state index contributed by atoms with van der Waals surface area (Å²) in [6.45, 7) is 13.2. The van der Waals surface area contributed by atoms with Crippen LogP contribution in [0.1, 0.15) is 64.0 Å². The Morgan fingerprint density at radius 3 is 2.61 bits per heavy atom. The lowest BCUT2D eigenvalue weighted by atomic mass is 9.95. The first-order valence-electron chi connectivity index (χ1n) is 11.6. The van der Waals surface area contributed by atoms with Crippen molar-refractivity contribution in [2.75, 3.05) is 44.7 Å². The third kappa shape index (κ3) is 4.25. The van der Waals surface area contributed by atoms with Gasteiger partial charge in [0.15, 0.2) is 0 Å². The van der Waals surface area contributed by atoms with E-state index >= 15 is 0 Å². The third-order valence-corrected chi connectivity index (χ3v) is 6.74. The number of allylic oxidation sites excluding steroid dienone is 1. The minimum atomic E-state index is 0.747. The average Bonchev–Trinajstić information content (AvgIpc) is 3.46. The van der Waals surface area contributed by atoms with Crippen LogP contribution in [-0.4, -0.2) is 55.6 Å². The summed E-state index contributed by atoms with van der Waals surface area (Å²) in [5.41, 5.74) is 7.73. The third-order valence-electron chi connectivity index (χ3n) is 6.74. The molecule has 0 spiro atoms. The molecule has 0 atom stereocenters. The summed E-state index contributed by atoms with van der Waals surface area (Å²) in [6, 6.07) is 8.01. The van der Waals surface area contributed by atoms with E-state index in [4.69, 9.17) is 0 Å². The van der Waals surface area contributed by atoms with Crippen molar-refractivity contribution in [1.29, 1.82) is 0 Å². The van der Waals surface area contributed by atoms with Crippen molar-refractivity contribution in [2.24, 2.45) is 5.92 Å². The predicted octanol–water partition coefficient (Wildman–Crippen LogP) is 5.02. The van der Waals surface area contributed by atoms with Crippen LogP contribution in [-0.2, 0) is 6.42 Å². The number of anilines is 1. The van der Waals surface area contributed by atoms with E-state index in [0.29, 0.717) is 0 Å². The second kappa shape index (κ2) is 8.49. The summed E-state index contributed by atoms with van der Waals surface area (Å²) in [5, 5.41) is 0. The fraction of sp³-hybridized carbons (Fsp3) is 0.680. The molecule has 0 N–H and O–H groups in total. The zero-order chi connectivity index (χ0) is 19.7. The number of hydrogen-bond acceptors (Lipinski definition) is 3. The number of aryl methyl sites for hydroxylation is 1. The van der Waals surface area contributed by atoms with Crippen LogP contribution in [0.25, 0.3) is 5.70 Å². The highest BCUT2D eigenvalue weighted by Crippen LogP contribution is 2.42. The van der Waals surface area contributed by atoms with E-state index in [0.717, 1.165) is 12.0 Å². The molecule has 1 saturated heterocycles. The predicted molar refractivity (Wildman–Crippen MR) is 121 cm³/mol. The van der Waals surface area contributed by atoms with Gasteiger partial charge in [-0.15, -0.1) is 0 Å². The molecular weight excluding hydrogens is 342 g/mol. The second-order valence-corrected chi connectivity index (χ2v) is 9.60. The van der Waals surface area contributed by atoms with Crippen molar-refractivity contribution in [1.82, 2.24) is 9.80 Å². The molecule has 1 aromatic rings. The first-order chi connectivity index (χ1) is 13.6. The van der Waals surface area contributed by atoms with Gasteiger partial charge in [0, 0.05) is 44.1 Å². The molecule has 1 aromatic carbocycles. The molecule has 3 nitrogen and oxygen atoms in total. The van der Waals surface area contributed by atoms with Crippen LogP contribution >= 0.6 is 0 Å². The molecule has 0 radical (unpaired) electrons. The monoisotopic (exact) mass is 381 g/mol. The lowest BCUT2D eigenvalue weighted by Gasteiger charge is -2.48. The lowest BCUT2D eigenvalue weighted by molar-refractivity contribution is 0.0696. The Balaban J connectivity index is 1.46. The average molecular weight is 382 g/mol. The maximum absolute atomic E-state index is 2.76. The van der Waals surface area contributed by atoms with Gasteiger partial charge >= 0.3 is 0 Å². The summed E-state index contributed by atoms with van der Waals surface area (Å²) in [4.78, 5) is 7.86. The Labute approximate surface area is 172 Å². The van der Waals surface area contributed by atoms with Gasteiger partial charge in [0.2, 0.25) is 0 Å². The van der Waals surface area contributed by atoms with Crippen LogP contribution in [0.4, 0.5) is 5.69 Å². The van der Waals surface area contributed by atoms with Crippen LogP contribution in [0.5, 0.6) is 0 Å². The van der Waals surface area contributed by atoms with E-state index in [1.165, 1.54) is 82.5 Å². The minimum Gasteiger partial charge on any atom is -0.374 e. The molecule has 1 saturated carbocycles. The van der Waals surface area contributed by atoms with E-state index in [1.807, 2.05) is 0 Å². The van der Waals surface area contributed by atoms with Gasteiger partial charge in [0.1, 0.15) is 0 Å². The summed E-state index contributed by atoms with van der Waals surface area (Å²) < 4.78 is 0. The smallest absolute Gasteiger partial charge is 0.0446 e. The Bertz CT molecular complexity index is 709. The Morgan fingerprint density at radius 2 is 1.93 bits per heavy atom. The second-order valence-electron chi connectivity index (χ2n) is 9.60. The van der Waals surface area contributed by atoms with Gasteiger partial charge in [-0.05, 0) is 86.4 Å². The maximum atomic E-state index is 2.76. The van der Waals surface area contributed by atoms with Crippen LogP contribution in [0, 0.1) is 5.92 Å². The first kappa shape index (κ1) is 19.8. The molecule has 2 heterocycles. The summed E-state index contributed by atoms with van der Waals surface area (Å²) in [7, 11) is 2.23. The number of likely N-dealkylation sites (tertiary alicyclic amines) is 1. The minimum absolute atomic E-state index is 0.747. The molecule has 2 fully saturated rings. The van der Waals surface area contributed by atoms with Gasteiger partial charge in [-0.2, -0.15) is 0 Å². The molecule has 154 valence electrons. The summed E-state index contributed by atoms with van der Waals surface area (Å²) in [6.07, 6.45) is 7.72. The quantitative estimate of drug-likeness (QED) is 0.626. The fourth-order valence-corrected chi connectivity index (χ4v) is 4.90. The van der Waals surface area contributed by atoms with E-state index in [9.17, 15) is 0 Å². The van der Waals surface area contributed by atoms with Crippen molar-refractivity contribution < 1.29 is 0 Å². The highest BCUT2D eigenvalue weighted by Gasteiger charge is 2.36. The summed E-state index contributed by atoms with van der Waals surface area (Å²) in [5.74, 6) is 0.799. The molecule has 1 aliphatic carbocycles. The Kier molecular flexibility index (Phi) is 6.01. The molecule has 0 bridgehead atoms. The van der Waals surface area contributed by atoms with Crippen molar-refractivity contribution in [3.05, 3.63) is 34.9 Å². The number of hydrogen-bond donors (Lipinski definition) is 0. The van der Waals surface area contributed by atoms with Crippen molar-refractivity contribution >= 4 is 11.4 Å². The van der Waals surface area contributed by atoms with E-state index in [2.05, 4.69) is 60.7 Å². The van der Waals surface area contributed by atoms with Gasteiger partial charge in [0.05, 0.1) is 0 Å². The van der Waals surface area contributed by atoms with Gasteiger partial charge in [0.25, 0.3) is 0 Å². The van der Waals surface area contributed by atoms with Gasteiger partial charge < -0.3 is 9.80 Å². The van der Waals surface area contributed by atoms with Crippen LogP contribution in [0.15, 0.2) is 23.8 Å². The van der Waals surface area contributed by atoms with Gasteiger partial charge in [-0.1, -0.05) is 26.8 Å². The van der Waals surface area contributed by atoms with Crippen LogP contribution in [0.2, 0.25) is 0 Å². The lowest BCUT2D eigenvalue weighted by Crippen LogP contribution is -2.58. The summed E-state index contributed by atoms with van der Waals surface area (Å²) >= 11 is 0.